The van der Waals surface area contributed by atoms with Crippen LogP contribution in [0.2, 0.25) is 0 Å². The molecule has 0 radical (unpaired) electrons. The number of rotatable bonds is 2. The van der Waals surface area contributed by atoms with Crippen LogP contribution in [0.1, 0.15) is 22.3 Å². The molecule has 3 aromatic rings. The number of hydrogen-bond donors (Lipinski definition) is 0. The largest absolute Gasteiger partial charge is 0.477 e. The van der Waals surface area contributed by atoms with Crippen LogP contribution in [0.4, 0.5) is 10.2 Å². The Morgan fingerprint density at radius 1 is 1.18 bits per heavy atom. The van der Waals surface area contributed by atoms with Gasteiger partial charge in [0.2, 0.25) is 5.82 Å². The molecular formula is C22H21FN4O. The number of aryl methyl sites for hydroxylation is 3. The molecule has 2 aromatic carbocycles. The van der Waals surface area contributed by atoms with E-state index in [9.17, 15) is 4.39 Å². The van der Waals surface area contributed by atoms with E-state index in [4.69, 9.17) is 11.3 Å². The lowest BCUT2D eigenvalue weighted by Crippen LogP contribution is -2.29. The van der Waals surface area contributed by atoms with E-state index in [-0.39, 0.29) is 5.82 Å². The van der Waals surface area contributed by atoms with E-state index in [0.717, 1.165) is 22.4 Å². The fourth-order valence-corrected chi connectivity index (χ4v) is 3.94. The highest BCUT2D eigenvalue weighted by atomic mass is 19.1. The van der Waals surface area contributed by atoms with E-state index < -0.39 is 0 Å². The molecular weight excluding hydrogens is 355 g/mol. The number of fused-ring (bicyclic) bond motifs is 1. The topological polar surface area (TPSA) is 34.6 Å². The first-order valence-electron chi connectivity index (χ1n) is 9.07. The van der Waals surface area contributed by atoms with Gasteiger partial charge in [-0.3, -0.25) is 4.90 Å². The van der Waals surface area contributed by atoms with Crippen LogP contribution in [-0.4, -0.2) is 28.2 Å². The summed E-state index contributed by atoms with van der Waals surface area (Å²) in [6.45, 7) is 14.6. The Hall–Kier alpha value is -3.17. The van der Waals surface area contributed by atoms with Gasteiger partial charge in [-0.2, -0.15) is 0 Å². The lowest BCUT2D eigenvalue weighted by atomic mass is 10.0. The molecule has 6 heteroatoms. The van der Waals surface area contributed by atoms with Crippen molar-refractivity contribution in [3.05, 3.63) is 70.0 Å². The van der Waals surface area contributed by atoms with Gasteiger partial charge in [0.1, 0.15) is 24.0 Å². The molecule has 0 saturated heterocycles. The molecule has 0 saturated carbocycles. The highest BCUT2D eigenvalue weighted by Crippen LogP contribution is 2.40. The molecule has 4 rings (SSSR count). The van der Waals surface area contributed by atoms with Crippen LogP contribution in [0, 0.1) is 33.2 Å². The number of aromatic nitrogens is 2. The first-order valence-corrected chi connectivity index (χ1v) is 9.07. The SMILES string of the molecule is [C-]#[N+]c1cnc(-c2ccc(F)c3c2OCN(C)C3)n1-c1c(C)cc(C)cc1C. The van der Waals surface area contributed by atoms with Crippen LogP contribution in [0.25, 0.3) is 21.9 Å². The number of imidazole rings is 1. The number of benzene rings is 2. The molecule has 0 amide bonds. The maximum absolute atomic E-state index is 14.4. The highest BCUT2D eigenvalue weighted by molar-refractivity contribution is 5.73. The van der Waals surface area contributed by atoms with Crippen molar-refractivity contribution in [3.8, 4) is 22.8 Å². The summed E-state index contributed by atoms with van der Waals surface area (Å²) < 4.78 is 22.1. The quantitative estimate of drug-likeness (QED) is 0.595. The minimum atomic E-state index is -0.295. The zero-order valence-electron chi connectivity index (χ0n) is 16.4. The van der Waals surface area contributed by atoms with Crippen molar-refractivity contribution in [2.75, 3.05) is 13.8 Å². The van der Waals surface area contributed by atoms with Crippen LogP contribution in [0.3, 0.4) is 0 Å². The maximum Gasteiger partial charge on any atom is 0.255 e. The third kappa shape index (κ3) is 2.85. The summed E-state index contributed by atoms with van der Waals surface area (Å²) in [4.78, 5) is 10.1. The smallest absolute Gasteiger partial charge is 0.255 e. The molecule has 2 heterocycles. The second-order valence-corrected chi connectivity index (χ2v) is 7.32. The molecule has 142 valence electrons. The van der Waals surface area contributed by atoms with Crippen LogP contribution >= 0.6 is 0 Å². The molecule has 1 aromatic heterocycles. The van der Waals surface area contributed by atoms with Gasteiger partial charge in [-0.05, 0) is 51.1 Å². The summed E-state index contributed by atoms with van der Waals surface area (Å²) in [7, 11) is 1.88. The standard InChI is InChI=1S/C22H21FN4O/c1-13-8-14(2)20(15(3)9-13)27-19(24-4)10-25-22(27)16-6-7-18(23)17-11-26(5)12-28-21(16)17/h6-10H,11-12H2,1-3,5H3. The van der Waals surface area contributed by atoms with Crippen LogP contribution < -0.4 is 4.74 Å². The first kappa shape index (κ1) is 18.2. The summed E-state index contributed by atoms with van der Waals surface area (Å²) in [5, 5.41) is 0. The predicted molar refractivity (Wildman–Crippen MR) is 106 cm³/mol. The van der Waals surface area contributed by atoms with Crippen molar-refractivity contribution >= 4 is 5.82 Å². The number of halogens is 1. The van der Waals surface area contributed by atoms with Gasteiger partial charge in [-0.25, -0.2) is 13.9 Å². The average molecular weight is 376 g/mol. The highest BCUT2D eigenvalue weighted by Gasteiger charge is 2.28. The molecule has 0 unspecified atom stereocenters. The Morgan fingerprint density at radius 2 is 1.89 bits per heavy atom. The molecule has 0 atom stereocenters. The van der Waals surface area contributed by atoms with Crippen molar-refractivity contribution in [2.45, 2.75) is 27.3 Å². The number of hydrogen-bond acceptors (Lipinski definition) is 3. The van der Waals surface area contributed by atoms with Gasteiger partial charge in [-0.15, -0.1) is 0 Å². The van der Waals surface area contributed by atoms with Gasteiger partial charge in [0.15, 0.2) is 0 Å². The fraction of sp³-hybridized carbons (Fsp3) is 0.273. The minimum absolute atomic E-state index is 0.295. The number of ether oxygens (including phenoxy) is 1. The Balaban J connectivity index is 2.00. The van der Waals surface area contributed by atoms with E-state index >= 15 is 0 Å². The van der Waals surface area contributed by atoms with E-state index in [0.29, 0.717) is 41.8 Å². The molecule has 28 heavy (non-hydrogen) atoms. The fourth-order valence-electron chi connectivity index (χ4n) is 3.94. The Kier molecular flexibility index (Phi) is 4.40. The minimum Gasteiger partial charge on any atom is -0.477 e. The van der Waals surface area contributed by atoms with Crippen LogP contribution in [0.15, 0.2) is 30.5 Å². The van der Waals surface area contributed by atoms with Gasteiger partial charge >= 0.3 is 0 Å². The number of nitrogens with zero attached hydrogens (tertiary/aromatic N) is 4. The molecule has 0 bridgehead atoms. The average Bonchev–Trinajstić information content (AvgIpc) is 3.05. The van der Waals surface area contributed by atoms with E-state index in [1.54, 1.807) is 12.3 Å². The lowest BCUT2D eigenvalue weighted by Gasteiger charge is -2.27. The lowest BCUT2D eigenvalue weighted by molar-refractivity contribution is 0.119. The van der Waals surface area contributed by atoms with Crippen molar-refractivity contribution in [1.82, 2.24) is 14.5 Å². The molecule has 0 aliphatic carbocycles. The van der Waals surface area contributed by atoms with Crippen molar-refractivity contribution in [2.24, 2.45) is 0 Å². The molecule has 1 aliphatic rings. The predicted octanol–water partition coefficient (Wildman–Crippen LogP) is 4.94. The normalized spacial score (nSPS) is 13.7. The van der Waals surface area contributed by atoms with E-state index in [2.05, 4.69) is 28.9 Å². The molecule has 5 nitrogen and oxygen atoms in total. The third-order valence-corrected chi connectivity index (χ3v) is 5.02. The van der Waals surface area contributed by atoms with Gasteiger partial charge in [0.25, 0.3) is 5.82 Å². The van der Waals surface area contributed by atoms with Gasteiger partial charge < -0.3 is 9.58 Å². The zero-order chi connectivity index (χ0) is 20.0. The van der Waals surface area contributed by atoms with Gasteiger partial charge in [0.05, 0.1) is 11.8 Å². The molecule has 0 N–H and O–H groups in total. The first-order chi connectivity index (χ1) is 13.4. The van der Waals surface area contributed by atoms with Crippen molar-refractivity contribution in [3.63, 3.8) is 0 Å². The Labute approximate surface area is 163 Å². The summed E-state index contributed by atoms with van der Waals surface area (Å²) in [5.74, 6) is 1.21. The Bertz CT molecular complexity index is 1100. The van der Waals surface area contributed by atoms with Crippen LogP contribution in [0.5, 0.6) is 5.75 Å². The van der Waals surface area contributed by atoms with Crippen molar-refractivity contribution < 1.29 is 9.13 Å². The summed E-state index contributed by atoms with van der Waals surface area (Å²) in [6.07, 6.45) is 1.56. The Morgan fingerprint density at radius 3 is 2.57 bits per heavy atom. The molecule has 0 fully saturated rings. The van der Waals surface area contributed by atoms with E-state index in [1.807, 2.05) is 30.4 Å². The summed E-state index contributed by atoms with van der Waals surface area (Å²) in [6, 6.07) is 7.31. The second-order valence-electron chi connectivity index (χ2n) is 7.32. The summed E-state index contributed by atoms with van der Waals surface area (Å²) >= 11 is 0. The molecule has 0 spiro atoms. The molecule has 1 aliphatic heterocycles. The zero-order valence-corrected chi connectivity index (χ0v) is 16.4. The van der Waals surface area contributed by atoms with Crippen LogP contribution in [-0.2, 0) is 6.54 Å². The second kappa shape index (κ2) is 6.77. The van der Waals surface area contributed by atoms with Gasteiger partial charge in [-0.1, -0.05) is 24.3 Å². The summed E-state index contributed by atoms with van der Waals surface area (Å²) in [5.41, 5.74) is 5.41. The van der Waals surface area contributed by atoms with E-state index in [1.165, 1.54) is 6.07 Å². The third-order valence-electron chi connectivity index (χ3n) is 5.02. The maximum atomic E-state index is 14.4. The monoisotopic (exact) mass is 376 g/mol. The van der Waals surface area contributed by atoms with Gasteiger partial charge in [0, 0.05) is 12.1 Å². The van der Waals surface area contributed by atoms with Crippen molar-refractivity contribution in [1.29, 1.82) is 0 Å².